The van der Waals surface area contributed by atoms with Crippen molar-refractivity contribution in [1.29, 1.82) is 0 Å². The molecule has 23 heavy (non-hydrogen) atoms. The molecule has 0 heterocycles. The van der Waals surface area contributed by atoms with E-state index in [0.717, 1.165) is 12.0 Å². The number of hydrogen-bond acceptors (Lipinski definition) is 4. The summed E-state index contributed by atoms with van der Waals surface area (Å²) in [5.74, 6) is -1.39. The lowest BCUT2D eigenvalue weighted by atomic mass is 10.2. The van der Waals surface area contributed by atoms with Crippen LogP contribution in [0.25, 0.3) is 6.08 Å². The predicted octanol–water partition coefficient (Wildman–Crippen LogP) is 2.52. The van der Waals surface area contributed by atoms with Crippen LogP contribution in [-0.4, -0.2) is 30.6 Å². The molecule has 0 unspecified atom stereocenters. The largest absolute Gasteiger partial charge is 0.452 e. The molecule has 0 saturated carbocycles. The molecule has 1 aromatic rings. The van der Waals surface area contributed by atoms with Crippen LogP contribution in [0.4, 0.5) is 4.79 Å². The van der Waals surface area contributed by atoms with Crippen molar-refractivity contribution in [3.63, 3.8) is 0 Å². The van der Waals surface area contributed by atoms with E-state index in [1.807, 2.05) is 13.8 Å². The molecule has 2 N–H and O–H groups in total. The summed E-state index contributed by atoms with van der Waals surface area (Å²) in [5, 5.41) is 5.18. The molecule has 3 amide bonds. The average Bonchev–Trinajstić information content (AvgIpc) is 2.50. The molecule has 0 aromatic heterocycles. The number of hydrogen-bond donors (Lipinski definition) is 2. The van der Waals surface area contributed by atoms with E-state index in [9.17, 15) is 14.4 Å². The van der Waals surface area contributed by atoms with E-state index in [4.69, 9.17) is 16.3 Å². The predicted molar refractivity (Wildman–Crippen MR) is 87.9 cm³/mol. The number of rotatable bonds is 6. The third-order valence-corrected chi connectivity index (χ3v) is 3.08. The Hall–Kier alpha value is -2.34. The van der Waals surface area contributed by atoms with E-state index in [0.29, 0.717) is 5.02 Å². The molecule has 0 aliphatic heterocycles. The molecular weight excluding hydrogens is 320 g/mol. The van der Waals surface area contributed by atoms with Gasteiger partial charge in [0.2, 0.25) is 0 Å². The van der Waals surface area contributed by atoms with Crippen LogP contribution < -0.4 is 10.6 Å². The van der Waals surface area contributed by atoms with E-state index in [1.54, 1.807) is 24.3 Å². The molecule has 7 heteroatoms. The zero-order valence-electron chi connectivity index (χ0n) is 13.0. The minimum absolute atomic E-state index is 0.0500. The highest BCUT2D eigenvalue weighted by molar-refractivity contribution is 6.30. The molecule has 0 fully saturated rings. The first-order valence-electron chi connectivity index (χ1n) is 7.11. The van der Waals surface area contributed by atoms with Crippen LogP contribution in [0.3, 0.4) is 0 Å². The highest BCUT2D eigenvalue weighted by Crippen LogP contribution is 2.11. The van der Waals surface area contributed by atoms with Gasteiger partial charge >= 0.3 is 12.0 Å². The number of esters is 1. The maximum atomic E-state index is 11.5. The van der Waals surface area contributed by atoms with E-state index in [1.165, 1.54) is 12.2 Å². The van der Waals surface area contributed by atoms with Crippen LogP contribution in [-0.2, 0) is 14.3 Å². The number of imide groups is 1. The fourth-order valence-corrected chi connectivity index (χ4v) is 1.68. The minimum atomic E-state index is -0.699. The van der Waals surface area contributed by atoms with E-state index >= 15 is 0 Å². The Labute approximate surface area is 139 Å². The van der Waals surface area contributed by atoms with Gasteiger partial charge in [-0.15, -0.1) is 0 Å². The van der Waals surface area contributed by atoms with Gasteiger partial charge in [0, 0.05) is 17.1 Å². The number of amides is 3. The Kier molecular flexibility index (Phi) is 7.83. The SMILES string of the molecule is CC[C@@H](C)NC(=O)NC(=O)COC(=O)/C=C/c1cccc(Cl)c1. The third-order valence-electron chi connectivity index (χ3n) is 2.85. The van der Waals surface area contributed by atoms with Gasteiger partial charge in [-0.25, -0.2) is 9.59 Å². The van der Waals surface area contributed by atoms with Crippen LogP contribution in [0.15, 0.2) is 30.3 Å². The quantitative estimate of drug-likeness (QED) is 0.616. The normalized spacial score (nSPS) is 11.8. The second-order valence-corrected chi connectivity index (χ2v) is 5.26. The monoisotopic (exact) mass is 338 g/mol. The molecule has 1 aromatic carbocycles. The lowest BCUT2D eigenvalue weighted by Gasteiger charge is -2.11. The van der Waals surface area contributed by atoms with Crippen molar-refractivity contribution >= 4 is 35.6 Å². The van der Waals surface area contributed by atoms with Gasteiger partial charge in [-0.1, -0.05) is 30.7 Å². The van der Waals surface area contributed by atoms with Crippen LogP contribution in [0.2, 0.25) is 5.02 Å². The maximum absolute atomic E-state index is 11.5. The van der Waals surface area contributed by atoms with Gasteiger partial charge in [0.25, 0.3) is 5.91 Å². The first kappa shape index (κ1) is 18.7. The van der Waals surface area contributed by atoms with E-state index in [2.05, 4.69) is 10.6 Å². The van der Waals surface area contributed by atoms with Crippen LogP contribution in [0.5, 0.6) is 0 Å². The van der Waals surface area contributed by atoms with Crippen LogP contribution in [0, 0.1) is 0 Å². The molecule has 1 rings (SSSR count). The van der Waals surface area contributed by atoms with Crippen molar-refractivity contribution in [2.45, 2.75) is 26.3 Å². The molecule has 0 bridgehead atoms. The second kappa shape index (κ2) is 9.63. The molecule has 0 aliphatic carbocycles. The first-order chi connectivity index (χ1) is 10.9. The first-order valence-corrected chi connectivity index (χ1v) is 7.49. The molecular formula is C16H19ClN2O4. The number of carbonyl (C=O) groups excluding carboxylic acids is 3. The Morgan fingerprint density at radius 1 is 1.35 bits per heavy atom. The van der Waals surface area contributed by atoms with Crippen molar-refractivity contribution in [3.8, 4) is 0 Å². The van der Waals surface area contributed by atoms with Crippen molar-refractivity contribution in [3.05, 3.63) is 40.9 Å². The lowest BCUT2D eigenvalue weighted by Crippen LogP contribution is -2.44. The van der Waals surface area contributed by atoms with Gasteiger partial charge in [0.15, 0.2) is 6.61 Å². The van der Waals surface area contributed by atoms with Crippen LogP contribution in [0.1, 0.15) is 25.8 Å². The summed E-state index contributed by atoms with van der Waals surface area (Å²) in [7, 11) is 0. The van der Waals surface area contributed by atoms with Gasteiger partial charge in [-0.3, -0.25) is 10.1 Å². The van der Waals surface area contributed by atoms with Crippen LogP contribution >= 0.6 is 11.6 Å². The van der Waals surface area contributed by atoms with Crippen molar-refractivity contribution in [1.82, 2.24) is 10.6 Å². The highest BCUT2D eigenvalue weighted by atomic mass is 35.5. The number of carbonyl (C=O) groups is 3. The number of ether oxygens (including phenoxy) is 1. The zero-order valence-corrected chi connectivity index (χ0v) is 13.7. The fourth-order valence-electron chi connectivity index (χ4n) is 1.48. The molecule has 0 aliphatic rings. The zero-order chi connectivity index (χ0) is 17.2. The number of nitrogens with one attached hydrogen (secondary N) is 2. The molecule has 1 atom stereocenters. The Morgan fingerprint density at radius 2 is 2.09 bits per heavy atom. The van der Waals surface area contributed by atoms with E-state index < -0.39 is 24.5 Å². The number of benzene rings is 1. The minimum Gasteiger partial charge on any atom is -0.452 e. The highest BCUT2D eigenvalue weighted by Gasteiger charge is 2.11. The summed E-state index contributed by atoms with van der Waals surface area (Å²) in [6.45, 7) is 3.18. The van der Waals surface area contributed by atoms with Gasteiger partial charge in [0.05, 0.1) is 0 Å². The summed E-state index contributed by atoms with van der Waals surface area (Å²) >= 11 is 5.82. The molecule has 6 nitrogen and oxygen atoms in total. The fraction of sp³-hybridized carbons (Fsp3) is 0.312. The summed E-state index contributed by atoms with van der Waals surface area (Å²) < 4.78 is 4.74. The number of urea groups is 1. The third kappa shape index (κ3) is 8.01. The summed E-state index contributed by atoms with van der Waals surface area (Å²) in [6, 6.07) is 6.24. The summed E-state index contributed by atoms with van der Waals surface area (Å²) in [6.07, 6.45) is 3.44. The molecule has 124 valence electrons. The molecule has 0 radical (unpaired) electrons. The van der Waals surface area contributed by atoms with Gasteiger partial charge < -0.3 is 10.1 Å². The Bertz CT molecular complexity index is 601. The van der Waals surface area contributed by atoms with Gasteiger partial charge in [-0.05, 0) is 37.1 Å². The Balaban J connectivity index is 2.35. The Morgan fingerprint density at radius 3 is 2.74 bits per heavy atom. The summed E-state index contributed by atoms with van der Waals surface area (Å²) in [5.41, 5.74) is 0.729. The van der Waals surface area contributed by atoms with Crippen molar-refractivity contribution < 1.29 is 19.1 Å². The summed E-state index contributed by atoms with van der Waals surface area (Å²) in [4.78, 5) is 34.3. The molecule has 0 spiro atoms. The average molecular weight is 339 g/mol. The van der Waals surface area contributed by atoms with Crippen molar-refractivity contribution in [2.75, 3.05) is 6.61 Å². The van der Waals surface area contributed by atoms with Gasteiger partial charge in [-0.2, -0.15) is 0 Å². The van der Waals surface area contributed by atoms with Gasteiger partial charge in [0.1, 0.15) is 0 Å². The van der Waals surface area contributed by atoms with E-state index in [-0.39, 0.29) is 6.04 Å². The smallest absolute Gasteiger partial charge is 0.331 e. The molecule has 0 saturated heterocycles. The topological polar surface area (TPSA) is 84.5 Å². The maximum Gasteiger partial charge on any atom is 0.331 e. The standard InChI is InChI=1S/C16H19ClN2O4/c1-3-11(2)18-16(22)19-14(20)10-23-15(21)8-7-12-5-4-6-13(17)9-12/h4-9,11H,3,10H2,1-2H3,(H2,18,19,20,22)/b8-7+/t11-/m1/s1. The van der Waals surface area contributed by atoms with Crippen molar-refractivity contribution in [2.24, 2.45) is 0 Å². The number of halogens is 1. The lowest BCUT2D eigenvalue weighted by molar-refractivity contribution is -0.143. The second-order valence-electron chi connectivity index (χ2n) is 4.83.